The number of ether oxygens (including phenoxy) is 1. The maximum Gasteiger partial charge on any atom is 0.244 e. The molecule has 2 atom stereocenters. The summed E-state index contributed by atoms with van der Waals surface area (Å²) >= 11 is 5.95. The van der Waals surface area contributed by atoms with E-state index in [1.54, 1.807) is 37.4 Å². The van der Waals surface area contributed by atoms with Gasteiger partial charge in [-0.05, 0) is 61.7 Å². The topological polar surface area (TPSA) is 96.0 Å². The lowest BCUT2D eigenvalue weighted by molar-refractivity contribution is -0.140. The number of amides is 2. The van der Waals surface area contributed by atoms with Crippen molar-refractivity contribution in [2.75, 3.05) is 24.2 Å². The number of benzene rings is 2. The average molecular weight is 524 g/mol. The summed E-state index contributed by atoms with van der Waals surface area (Å²) in [4.78, 5) is 28.2. The first-order valence-corrected chi connectivity index (χ1v) is 13.7. The van der Waals surface area contributed by atoms with E-state index in [1.165, 1.54) is 17.0 Å². The third-order valence-corrected chi connectivity index (χ3v) is 7.06. The largest absolute Gasteiger partial charge is 0.497 e. The van der Waals surface area contributed by atoms with Gasteiger partial charge in [-0.2, -0.15) is 0 Å². The van der Waals surface area contributed by atoms with Gasteiger partial charge < -0.3 is 15.0 Å². The van der Waals surface area contributed by atoms with Gasteiger partial charge in [0.2, 0.25) is 21.8 Å². The van der Waals surface area contributed by atoms with Gasteiger partial charge in [-0.1, -0.05) is 37.6 Å². The number of nitrogens with one attached hydrogen (secondary N) is 1. The Balaban J connectivity index is 2.44. The molecule has 2 amide bonds. The van der Waals surface area contributed by atoms with Crippen molar-refractivity contribution in [1.82, 2.24) is 10.2 Å². The minimum atomic E-state index is -3.80. The molecule has 0 heterocycles. The van der Waals surface area contributed by atoms with E-state index < -0.39 is 28.5 Å². The van der Waals surface area contributed by atoms with Crippen LogP contribution in [0.1, 0.15) is 39.2 Å². The lowest BCUT2D eigenvalue weighted by Gasteiger charge is -2.33. The minimum Gasteiger partial charge on any atom is -0.497 e. The summed E-state index contributed by atoms with van der Waals surface area (Å²) in [6.07, 6.45) is 2.14. The predicted octanol–water partition coefficient (Wildman–Crippen LogP) is 3.84. The number of nitrogens with zero attached hydrogens (tertiary/aromatic N) is 2. The second kappa shape index (κ2) is 12.8. The zero-order chi connectivity index (χ0) is 26.2. The summed E-state index contributed by atoms with van der Waals surface area (Å²) in [6.45, 7) is 5.32. The molecule has 0 saturated carbocycles. The van der Waals surface area contributed by atoms with Gasteiger partial charge in [-0.15, -0.1) is 0 Å². The lowest BCUT2D eigenvalue weighted by Crippen LogP contribution is -2.53. The van der Waals surface area contributed by atoms with Gasteiger partial charge in [0.05, 0.1) is 19.1 Å². The van der Waals surface area contributed by atoms with Crippen molar-refractivity contribution in [3.63, 3.8) is 0 Å². The van der Waals surface area contributed by atoms with Crippen LogP contribution in [0.15, 0.2) is 48.5 Å². The third-order valence-electron chi connectivity index (χ3n) is 5.67. The van der Waals surface area contributed by atoms with Gasteiger partial charge in [0, 0.05) is 17.6 Å². The van der Waals surface area contributed by atoms with E-state index in [4.69, 9.17) is 16.3 Å². The molecule has 0 aromatic heterocycles. The Labute approximate surface area is 213 Å². The third kappa shape index (κ3) is 8.14. The van der Waals surface area contributed by atoms with Crippen LogP contribution in [0.3, 0.4) is 0 Å². The van der Waals surface area contributed by atoms with Crippen LogP contribution in [0.25, 0.3) is 0 Å². The van der Waals surface area contributed by atoms with Crippen LogP contribution < -0.4 is 14.4 Å². The highest BCUT2D eigenvalue weighted by Crippen LogP contribution is 2.22. The molecule has 0 aliphatic heterocycles. The van der Waals surface area contributed by atoms with Crippen LogP contribution in [0.5, 0.6) is 5.75 Å². The normalized spacial score (nSPS) is 13.0. The summed E-state index contributed by atoms with van der Waals surface area (Å²) in [5.74, 6) is -0.166. The molecule has 2 aromatic rings. The number of carbonyl (C=O) groups is 2. The highest BCUT2D eigenvalue weighted by molar-refractivity contribution is 7.92. The van der Waals surface area contributed by atoms with Crippen molar-refractivity contribution in [3.8, 4) is 5.75 Å². The first-order valence-electron chi connectivity index (χ1n) is 11.5. The van der Waals surface area contributed by atoms with Gasteiger partial charge in [-0.3, -0.25) is 13.9 Å². The van der Waals surface area contributed by atoms with Crippen molar-refractivity contribution in [2.45, 2.75) is 52.2 Å². The molecule has 0 bridgehead atoms. The molecule has 0 radical (unpaired) electrons. The summed E-state index contributed by atoms with van der Waals surface area (Å²) in [5, 5.41) is 3.39. The van der Waals surface area contributed by atoms with Gasteiger partial charge in [0.1, 0.15) is 18.3 Å². The molecule has 10 heteroatoms. The Bertz CT molecular complexity index is 1110. The number of hydrogen-bond acceptors (Lipinski definition) is 5. The van der Waals surface area contributed by atoms with Crippen LogP contribution in [0.4, 0.5) is 5.69 Å². The predicted molar refractivity (Wildman–Crippen MR) is 139 cm³/mol. The van der Waals surface area contributed by atoms with Crippen LogP contribution in [0.2, 0.25) is 5.02 Å². The maximum atomic E-state index is 13.6. The zero-order valence-electron chi connectivity index (χ0n) is 20.8. The van der Waals surface area contributed by atoms with E-state index in [2.05, 4.69) is 5.32 Å². The summed E-state index contributed by atoms with van der Waals surface area (Å²) in [6, 6.07) is 12.5. The second-order valence-corrected chi connectivity index (χ2v) is 10.7. The second-order valence-electron chi connectivity index (χ2n) is 8.36. The van der Waals surface area contributed by atoms with Crippen LogP contribution in [-0.2, 0) is 26.2 Å². The molecule has 0 unspecified atom stereocenters. The fourth-order valence-corrected chi connectivity index (χ4v) is 4.52. The van der Waals surface area contributed by atoms with Crippen molar-refractivity contribution >= 4 is 39.1 Å². The smallest absolute Gasteiger partial charge is 0.244 e. The summed E-state index contributed by atoms with van der Waals surface area (Å²) in [5.41, 5.74) is 1.06. The van der Waals surface area contributed by atoms with Crippen molar-refractivity contribution in [3.05, 3.63) is 59.1 Å². The molecule has 35 heavy (non-hydrogen) atoms. The van der Waals surface area contributed by atoms with Crippen molar-refractivity contribution in [1.29, 1.82) is 0 Å². The average Bonchev–Trinajstić information content (AvgIpc) is 2.82. The summed E-state index contributed by atoms with van der Waals surface area (Å²) in [7, 11) is -2.25. The Morgan fingerprint density at radius 3 is 2.29 bits per heavy atom. The molecule has 192 valence electrons. The highest BCUT2D eigenvalue weighted by atomic mass is 35.5. The molecule has 0 aliphatic carbocycles. The highest BCUT2D eigenvalue weighted by Gasteiger charge is 2.32. The van der Waals surface area contributed by atoms with E-state index in [1.807, 2.05) is 26.8 Å². The zero-order valence-corrected chi connectivity index (χ0v) is 22.4. The number of halogens is 1. The number of methoxy groups -OCH3 is 1. The molecule has 0 saturated heterocycles. The SMILES string of the molecule is CC[C@@H](C)NC(=O)[C@H](CC)N(Cc1cccc(OC)c1)C(=O)CN(c1ccc(Cl)cc1)S(C)(=O)=O. The van der Waals surface area contributed by atoms with Gasteiger partial charge in [0.25, 0.3) is 0 Å². The van der Waals surface area contributed by atoms with E-state index in [0.717, 1.165) is 22.5 Å². The Morgan fingerprint density at radius 2 is 1.74 bits per heavy atom. The Hall–Kier alpha value is -2.78. The molecule has 8 nitrogen and oxygen atoms in total. The van der Waals surface area contributed by atoms with E-state index in [-0.39, 0.29) is 18.5 Å². The monoisotopic (exact) mass is 523 g/mol. The van der Waals surface area contributed by atoms with Crippen LogP contribution in [0, 0.1) is 0 Å². The molecular formula is C25H34ClN3O5S. The first kappa shape index (κ1) is 28.5. The number of anilines is 1. The van der Waals surface area contributed by atoms with Crippen molar-refractivity contribution in [2.24, 2.45) is 0 Å². The van der Waals surface area contributed by atoms with Crippen LogP contribution >= 0.6 is 11.6 Å². The lowest BCUT2D eigenvalue weighted by atomic mass is 10.1. The standard InChI is InChI=1S/C25H34ClN3O5S/c1-6-18(3)27-25(31)23(7-2)28(16-19-9-8-10-22(15-19)34-4)24(30)17-29(35(5,32)33)21-13-11-20(26)12-14-21/h8-15,18,23H,6-7,16-17H2,1-5H3,(H,27,31)/t18-,23+/m1/s1. The fraction of sp³-hybridized carbons (Fsp3) is 0.440. The minimum absolute atomic E-state index is 0.0630. The number of sulfonamides is 1. The van der Waals surface area contributed by atoms with E-state index in [0.29, 0.717) is 22.9 Å². The van der Waals surface area contributed by atoms with Gasteiger partial charge >= 0.3 is 0 Å². The molecule has 0 spiro atoms. The molecule has 0 aliphatic rings. The van der Waals surface area contributed by atoms with E-state index in [9.17, 15) is 18.0 Å². The molecule has 1 N–H and O–H groups in total. The Morgan fingerprint density at radius 1 is 1.09 bits per heavy atom. The fourth-order valence-electron chi connectivity index (χ4n) is 3.55. The number of hydrogen-bond donors (Lipinski definition) is 1. The quantitative estimate of drug-likeness (QED) is 0.456. The molecule has 0 fully saturated rings. The molecule has 2 rings (SSSR count). The summed E-state index contributed by atoms with van der Waals surface area (Å²) < 4.78 is 31.5. The maximum absolute atomic E-state index is 13.6. The molecule has 2 aromatic carbocycles. The Kier molecular flexibility index (Phi) is 10.4. The van der Waals surface area contributed by atoms with Gasteiger partial charge in [0.15, 0.2) is 0 Å². The number of rotatable bonds is 12. The van der Waals surface area contributed by atoms with Crippen molar-refractivity contribution < 1.29 is 22.7 Å². The molecular weight excluding hydrogens is 490 g/mol. The van der Waals surface area contributed by atoms with Gasteiger partial charge in [-0.25, -0.2) is 8.42 Å². The van der Waals surface area contributed by atoms with Crippen LogP contribution in [-0.4, -0.2) is 57.1 Å². The number of carbonyl (C=O) groups excluding carboxylic acids is 2. The first-order chi connectivity index (χ1) is 16.5. The van der Waals surface area contributed by atoms with E-state index >= 15 is 0 Å².